The molecule has 0 fully saturated rings. The Morgan fingerprint density at radius 3 is 2.42 bits per heavy atom. The van der Waals surface area contributed by atoms with Crippen molar-refractivity contribution in [1.82, 2.24) is 5.32 Å². The molecule has 0 amide bonds. The molecular weight excluding hydrogens is 171 g/mol. The van der Waals surface area contributed by atoms with Crippen LogP contribution in [0.15, 0.2) is 11.8 Å². The number of nitrogens with one attached hydrogen (secondary N) is 1. The summed E-state index contributed by atoms with van der Waals surface area (Å²) in [7, 11) is 0. The predicted molar refractivity (Wildman–Crippen MR) is 36.4 cm³/mol. The molecular formula is C7H8F3NO. The molecule has 0 saturated heterocycles. The number of halogens is 3. The van der Waals surface area contributed by atoms with Gasteiger partial charge in [-0.2, -0.15) is 13.2 Å². The minimum Gasteiger partial charge on any atom is -0.380 e. The lowest BCUT2D eigenvalue weighted by atomic mass is 10.1. The first-order valence-corrected chi connectivity index (χ1v) is 3.54. The zero-order chi connectivity index (χ0) is 9.35. The molecule has 1 rings (SSSR count). The molecule has 1 N–H and O–H groups in total. The van der Waals surface area contributed by atoms with Gasteiger partial charge < -0.3 is 5.32 Å². The smallest absolute Gasteiger partial charge is 0.380 e. The van der Waals surface area contributed by atoms with E-state index < -0.39 is 23.6 Å². The van der Waals surface area contributed by atoms with Crippen LogP contribution in [0, 0.1) is 0 Å². The quantitative estimate of drug-likeness (QED) is 0.658. The molecule has 0 spiro atoms. The van der Waals surface area contributed by atoms with E-state index in [-0.39, 0.29) is 0 Å². The molecule has 1 unspecified atom stereocenters. The Hall–Kier alpha value is -1.00. The molecule has 1 atom stereocenters. The summed E-state index contributed by atoms with van der Waals surface area (Å²) < 4.78 is 36.0. The monoisotopic (exact) mass is 179 g/mol. The van der Waals surface area contributed by atoms with E-state index >= 15 is 0 Å². The maximum atomic E-state index is 12.0. The third-order valence-electron chi connectivity index (χ3n) is 1.72. The Labute approximate surface area is 67.4 Å². The zero-order valence-electron chi connectivity index (χ0n) is 6.40. The van der Waals surface area contributed by atoms with Crippen LogP contribution in [0.2, 0.25) is 0 Å². The highest BCUT2D eigenvalue weighted by Gasteiger charge is 2.43. The van der Waals surface area contributed by atoms with Gasteiger partial charge in [-0.15, -0.1) is 0 Å². The van der Waals surface area contributed by atoms with Crippen LogP contribution in [0.3, 0.4) is 0 Å². The van der Waals surface area contributed by atoms with Gasteiger partial charge >= 0.3 is 6.18 Å². The Bertz CT molecular complexity index is 231. The van der Waals surface area contributed by atoms with Gasteiger partial charge in [0.25, 0.3) is 0 Å². The fourth-order valence-electron chi connectivity index (χ4n) is 1.04. The summed E-state index contributed by atoms with van der Waals surface area (Å²) >= 11 is 0. The summed E-state index contributed by atoms with van der Waals surface area (Å²) in [5.41, 5.74) is -1.07. The summed E-state index contributed by atoms with van der Waals surface area (Å²) in [5, 5.41) is 2.38. The van der Waals surface area contributed by atoms with Crippen molar-refractivity contribution in [3.8, 4) is 0 Å². The highest BCUT2D eigenvalue weighted by molar-refractivity contribution is 6.02. The van der Waals surface area contributed by atoms with Crippen LogP contribution in [-0.4, -0.2) is 18.0 Å². The summed E-state index contributed by atoms with van der Waals surface area (Å²) in [5.74, 6) is -0.856. The second-order valence-corrected chi connectivity index (χ2v) is 2.55. The maximum Gasteiger partial charge on any atom is 0.421 e. The first kappa shape index (κ1) is 9.09. The number of Topliss-reactive ketones (excluding diaryl/α,β-unsaturated/α-hetero) is 1. The fourth-order valence-corrected chi connectivity index (χ4v) is 1.04. The number of hydrogen-bond acceptors (Lipinski definition) is 2. The average Bonchev–Trinajstić information content (AvgIpc) is 2.29. The van der Waals surface area contributed by atoms with E-state index in [0.717, 1.165) is 6.20 Å². The van der Waals surface area contributed by atoms with E-state index in [0.29, 0.717) is 6.42 Å². The largest absolute Gasteiger partial charge is 0.421 e. The Kier molecular flexibility index (Phi) is 2.12. The molecule has 0 radical (unpaired) electrons. The van der Waals surface area contributed by atoms with E-state index in [1.54, 1.807) is 6.92 Å². The van der Waals surface area contributed by atoms with Crippen molar-refractivity contribution in [2.45, 2.75) is 25.6 Å². The second-order valence-electron chi connectivity index (χ2n) is 2.55. The topological polar surface area (TPSA) is 29.1 Å². The van der Waals surface area contributed by atoms with Crippen LogP contribution in [0.4, 0.5) is 13.2 Å². The summed E-state index contributed by atoms with van der Waals surface area (Å²) in [4.78, 5) is 10.9. The van der Waals surface area contributed by atoms with Crippen LogP contribution in [0.5, 0.6) is 0 Å². The van der Waals surface area contributed by atoms with Crippen LogP contribution >= 0.6 is 0 Å². The third-order valence-corrected chi connectivity index (χ3v) is 1.72. The standard InChI is InChI=1S/C7H8F3NO/c1-2-5-6(12)4(3-11-5)7(8,9)10/h3,5,11H,2H2,1H3. The Balaban J connectivity index is 2.79. The SMILES string of the molecule is CCC1NC=C(C(F)(F)F)C1=O. The summed E-state index contributed by atoms with van der Waals surface area (Å²) in [6.45, 7) is 1.66. The second kappa shape index (κ2) is 2.80. The van der Waals surface area contributed by atoms with Gasteiger partial charge in [0.05, 0.1) is 6.04 Å². The van der Waals surface area contributed by atoms with Gasteiger partial charge in [0.1, 0.15) is 5.57 Å². The van der Waals surface area contributed by atoms with Crippen molar-refractivity contribution in [3.05, 3.63) is 11.8 Å². The van der Waals surface area contributed by atoms with Gasteiger partial charge in [-0.05, 0) is 6.42 Å². The van der Waals surface area contributed by atoms with Gasteiger partial charge in [0, 0.05) is 6.20 Å². The molecule has 68 valence electrons. The average molecular weight is 179 g/mol. The first-order valence-electron chi connectivity index (χ1n) is 3.54. The molecule has 1 aliphatic rings. The molecule has 0 aliphatic carbocycles. The van der Waals surface area contributed by atoms with Crippen LogP contribution < -0.4 is 5.32 Å². The lowest BCUT2D eigenvalue weighted by molar-refractivity contribution is -0.128. The van der Waals surface area contributed by atoms with E-state index in [4.69, 9.17) is 0 Å². The lowest BCUT2D eigenvalue weighted by Gasteiger charge is -2.07. The third kappa shape index (κ3) is 1.44. The van der Waals surface area contributed by atoms with E-state index in [9.17, 15) is 18.0 Å². The molecule has 0 aromatic carbocycles. The van der Waals surface area contributed by atoms with E-state index in [2.05, 4.69) is 5.32 Å². The van der Waals surface area contributed by atoms with Crippen molar-refractivity contribution >= 4 is 5.78 Å². The molecule has 0 aromatic heterocycles. The van der Waals surface area contributed by atoms with Crippen molar-refractivity contribution in [2.24, 2.45) is 0 Å². The number of carbonyl (C=O) groups is 1. The number of ketones is 1. The number of rotatable bonds is 1. The predicted octanol–water partition coefficient (Wildman–Crippen LogP) is 1.38. The number of hydrogen-bond donors (Lipinski definition) is 1. The minimum absolute atomic E-state index is 0.370. The molecule has 5 heteroatoms. The van der Waals surface area contributed by atoms with Gasteiger partial charge in [-0.1, -0.05) is 6.92 Å². The zero-order valence-corrected chi connectivity index (χ0v) is 6.40. The molecule has 12 heavy (non-hydrogen) atoms. The summed E-state index contributed by atoms with van der Waals surface area (Å²) in [6, 6.07) is -0.693. The van der Waals surface area contributed by atoms with Crippen molar-refractivity contribution in [2.75, 3.05) is 0 Å². The van der Waals surface area contributed by atoms with Crippen molar-refractivity contribution in [1.29, 1.82) is 0 Å². The highest BCUT2D eigenvalue weighted by Crippen LogP contribution is 2.29. The Morgan fingerprint density at radius 2 is 2.17 bits per heavy atom. The minimum atomic E-state index is -4.52. The van der Waals surface area contributed by atoms with Crippen molar-refractivity contribution in [3.63, 3.8) is 0 Å². The number of carbonyl (C=O) groups excluding carboxylic acids is 1. The molecule has 2 nitrogen and oxygen atoms in total. The maximum absolute atomic E-state index is 12.0. The molecule has 0 saturated carbocycles. The number of alkyl halides is 3. The van der Waals surface area contributed by atoms with Crippen molar-refractivity contribution < 1.29 is 18.0 Å². The molecule has 1 aliphatic heterocycles. The van der Waals surface area contributed by atoms with E-state index in [1.807, 2.05) is 0 Å². The van der Waals surface area contributed by atoms with E-state index in [1.165, 1.54) is 0 Å². The van der Waals surface area contributed by atoms with Gasteiger partial charge in [-0.25, -0.2) is 0 Å². The van der Waals surface area contributed by atoms with Gasteiger partial charge in [0.2, 0.25) is 0 Å². The highest BCUT2D eigenvalue weighted by atomic mass is 19.4. The summed E-state index contributed by atoms with van der Waals surface area (Å²) in [6.07, 6.45) is -3.40. The van der Waals surface area contributed by atoms with Crippen LogP contribution in [0.1, 0.15) is 13.3 Å². The van der Waals surface area contributed by atoms with Gasteiger partial charge in [0.15, 0.2) is 5.78 Å². The lowest BCUT2D eigenvalue weighted by Crippen LogP contribution is -2.29. The normalized spacial score (nSPS) is 23.8. The molecule has 1 heterocycles. The fraction of sp³-hybridized carbons (Fsp3) is 0.571. The first-order chi connectivity index (χ1) is 5.46. The molecule has 0 bridgehead atoms. The van der Waals surface area contributed by atoms with Crippen LogP contribution in [-0.2, 0) is 4.79 Å². The Morgan fingerprint density at radius 1 is 1.58 bits per heavy atom. The molecule has 0 aromatic rings. The van der Waals surface area contributed by atoms with Crippen LogP contribution in [0.25, 0.3) is 0 Å². The van der Waals surface area contributed by atoms with Gasteiger partial charge in [-0.3, -0.25) is 4.79 Å².